The van der Waals surface area contributed by atoms with Crippen LogP contribution in [0.1, 0.15) is 52.4 Å². The average Bonchev–Trinajstić information content (AvgIpc) is 2.95. The number of piperidine rings is 1. The summed E-state index contributed by atoms with van der Waals surface area (Å²) in [6.07, 6.45) is 3.18. The van der Waals surface area contributed by atoms with E-state index >= 15 is 0 Å². The van der Waals surface area contributed by atoms with Crippen molar-refractivity contribution in [2.45, 2.75) is 46.1 Å². The van der Waals surface area contributed by atoms with Gasteiger partial charge in [-0.1, -0.05) is 36.4 Å². The zero-order chi connectivity index (χ0) is 26.6. The van der Waals surface area contributed by atoms with Gasteiger partial charge in [0.05, 0.1) is 11.3 Å². The zero-order valence-corrected chi connectivity index (χ0v) is 22.9. The Bertz CT molecular complexity index is 1320. The topological polar surface area (TPSA) is 50.6 Å². The van der Waals surface area contributed by atoms with E-state index < -0.39 is 0 Å². The van der Waals surface area contributed by atoms with Crippen LogP contribution in [0.2, 0.25) is 0 Å². The number of hydrogen-bond acceptors (Lipinski definition) is 4. The second-order valence-electron chi connectivity index (χ2n) is 11.0. The number of hydrogen-bond donors (Lipinski definition) is 0. The summed E-state index contributed by atoms with van der Waals surface area (Å²) in [5, 5.41) is 9.48. The van der Waals surface area contributed by atoms with Crippen LogP contribution in [0.15, 0.2) is 66.7 Å². The number of aryl methyl sites for hydroxylation is 2. The van der Waals surface area contributed by atoms with Crippen molar-refractivity contribution in [2.75, 3.05) is 42.5 Å². The Hall–Kier alpha value is -3.78. The number of carbonyl (C=O) groups excluding carboxylic acids is 1. The number of piperazine rings is 1. The van der Waals surface area contributed by atoms with Gasteiger partial charge in [-0.2, -0.15) is 5.26 Å². The van der Waals surface area contributed by atoms with Gasteiger partial charge in [-0.15, -0.1) is 0 Å². The fourth-order valence-electron chi connectivity index (χ4n) is 6.20. The molecule has 38 heavy (non-hydrogen) atoms. The number of anilines is 2. The first-order chi connectivity index (χ1) is 18.4. The zero-order valence-electron chi connectivity index (χ0n) is 22.9. The van der Waals surface area contributed by atoms with E-state index in [2.05, 4.69) is 79.1 Å². The quantitative estimate of drug-likeness (QED) is 0.427. The number of nitrogens with zero attached hydrogens (tertiary/aromatic N) is 4. The van der Waals surface area contributed by atoms with E-state index in [-0.39, 0.29) is 11.9 Å². The summed E-state index contributed by atoms with van der Waals surface area (Å²) in [7, 11) is 0. The van der Waals surface area contributed by atoms with Gasteiger partial charge in [-0.05, 0) is 93.0 Å². The molecule has 3 aromatic carbocycles. The third-order valence-electron chi connectivity index (χ3n) is 8.40. The Morgan fingerprint density at radius 3 is 2.34 bits per heavy atom. The lowest BCUT2D eigenvalue weighted by Gasteiger charge is -2.41. The van der Waals surface area contributed by atoms with E-state index in [4.69, 9.17) is 0 Å². The fourth-order valence-corrected chi connectivity index (χ4v) is 6.20. The van der Waals surface area contributed by atoms with Crippen LogP contribution in [0.25, 0.3) is 0 Å². The first-order valence-corrected chi connectivity index (χ1v) is 13.9. The molecule has 0 bridgehead atoms. The van der Waals surface area contributed by atoms with Gasteiger partial charge in [0.25, 0.3) is 5.91 Å². The van der Waals surface area contributed by atoms with Crippen LogP contribution in [0.5, 0.6) is 0 Å². The molecule has 2 aliphatic heterocycles. The molecule has 0 N–H and O–H groups in total. The molecule has 0 radical (unpaired) electrons. The van der Waals surface area contributed by atoms with Crippen molar-refractivity contribution in [2.24, 2.45) is 5.92 Å². The maximum atomic E-state index is 13.7. The van der Waals surface area contributed by atoms with E-state index in [0.717, 1.165) is 74.4 Å². The SMILES string of the molecule is Cc1cc(C)c(C(=O)N2CCN(c3ccccc3)[C@H](C)C2)cc1CC1CCN(c2ccccc2C#N)CC1. The molecule has 0 unspecified atom stereocenters. The highest BCUT2D eigenvalue weighted by molar-refractivity contribution is 5.96. The van der Waals surface area contributed by atoms with Crippen LogP contribution in [0, 0.1) is 31.1 Å². The summed E-state index contributed by atoms with van der Waals surface area (Å²) in [5.74, 6) is 0.741. The molecule has 5 rings (SSSR count). The summed E-state index contributed by atoms with van der Waals surface area (Å²) in [5.41, 5.74) is 7.52. The second kappa shape index (κ2) is 11.3. The predicted octanol–water partition coefficient (Wildman–Crippen LogP) is 5.99. The van der Waals surface area contributed by atoms with Crippen molar-refractivity contribution < 1.29 is 4.79 Å². The summed E-state index contributed by atoms with van der Waals surface area (Å²) < 4.78 is 0. The number of rotatable bonds is 5. The molecule has 5 nitrogen and oxygen atoms in total. The monoisotopic (exact) mass is 506 g/mol. The maximum absolute atomic E-state index is 13.7. The standard InChI is InChI=1S/C33H38N4O/c1-24-19-25(2)31(33(38)36-17-18-37(26(3)23-36)30-10-5-4-6-11-30)21-29(24)20-27-13-15-35(16-14-27)32-12-8-7-9-28(32)22-34/h4-12,19,21,26-27H,13-18,20,23H2,1-3H3/t26-/m1/s1. The third-order valence-corrected chi connectivity index (χ3v) is 8.40. The highest BCUT2D eigenvalue weighted by Crippen LogP contribution is 2.30. The van der Waals surface area contributed by atoms with Gasteiger partial charge in [0, 0.05) is 50.0 Å². The molecule has 196 valence electrons. The Labute approximate surface area is 227 Å². The molecule has 0 spiro atoms. The Kier molecular flexibility index (Phi) is 7.69. The second-order valence-corrected chi connectivity index (χ2v) is 11.0. The Morgan fingerprint density at radius 1 is 0.921 bits per heavy atom. The number of benzene rings is 3. The van der Waals surface area contributed by atoms with Crippen LogP contribution < -0.4 is 9.80 Å². The molecule has 2 aliphatic rings. The molecule has 0 aliphatic carbocycles. The first-order valence-electron chi connectivity index (χ1n) is 13.9. The van der Waals surface area contributed by atoms with Crippen molar-refractivity contribution in [1.82, 2.24) is 4.90 Å². The largest absolute Gasteiger partial charge is 0.370 e. The van der Waals surface area contributed by atoms with Gasteiger partial charge < -0.3 is 14.7 Å². The molecular weight excluding hydrogens is 468 g/mol. The smallest absolute Gasteiger partial charge is 0.254 e. The number of nitriles is 1. The third kappa shape index (κ3) is 5.41. The lowest BCUT2D eigenvalue weighted by Crippen LogP contribution is -2.53. The van der Waals surface area contributed by atoms with Crippen molar-refractivity contribution in [3.63, 3.8) is 0 Å². The van der Waals surface area contributed by atoms with E-state index in [1.54, 1.807) is 0 Å². The molecule has 1 amide bonds. The molecular formula is C33H38N4O. The van der Waals surface area contributed by atoms with Gasteiger partial charge in [0.2, 0.25) is 0 Å². The fraction of sp³-hybridized carbons (Fsp3) is 0.394. The highest BCUT2D eigenvalue weighted by atomic mass is 16.2. The summed E-state index contributed by atoms with van der Waals surface area (Å²) >= 11 is 0. The minimum absolute atomic E-state index is 0.159. The van der Waals surface area contributed by atoms with Crippen LogP contribution in [-0.2, 0) is 6.42 Å². The number of amides is 1. The summed E-state index contributed by atoms with van der Waals surface area (Å²) in [4.78, 5) is 20.5. The summed E-state index contributed by atoms with van der Waals surface area (Å²) in [6, 6.07) is 25.4. The minimum Gasteiger partial charge on any atom is -0.370 e. The Balaban J connectivity index is 1.24. The molecule has 2 heterocycles. The molecule has 2 fully saturated rings. The lowest BCUT2D eigenvalue weighted by molar-refractivity contribution is 0.0725. The highest BCUT2D eigenvalue weighted by Gasteiger charge is 2.29. The van der Waals surface area contributed by atoms with E-state index in [9.17, 15) is 10.1 Å². The van der Waals surface area contributed by atoms with Crippen LogP contribution in [0.3, 0.4) is 0 Å². The molecule has 1 atom stereocenters. The molecule has 3 aromatic rings. The molecule has 0 aromatic heterocycles. The maximum Gasteiger partial charge on any atom is 0.254 e. The molecule has 2 saturated heterocycles. The predicted molar refractivity (Wildman–Crippen MR) is 155 cm³/mol. The van der Waals surface area contributed by atoms with Crippen molar-refractivity contribution >= 4 is 17.3 Å². The average molecular weight is 507 g/mol. The summed E-state index contributed by atoms with van der Waals surface area (Å²) in [6.45, 7) is 10.7. The van der Waals surface area contributed by atoms with Gasteiger partial charge in [-0.3, -0.25) is 4.79 Å². The lowest BCUT2D eigenvalue weighted by atomic mass is 9.86. The first kappa shape index (κ1) is 25.9. The van der Waals surface area contributed by atoms with Crippen LogP contribution in [0.4, 0.5) is 11.4 Å². The van der Waals surface area contributed by atoms with Crippen molar-refractivity contribution in [3.05, 3.63) is 94.5 Å². The molecule has 5 heteroatoms. The van der Waals surface area contributed by atoms with Gasteiger partial charge in [-0.25, -0.2) is 0 Å². The van der Waals surface area contributed by atoms with Gasteiger partial charge in [0.1, 0.15) is 6.07 Å². The van der Waals surface area contributed by atoms with Crippen molar-refractivity contribution in [3.8, 4) is 6.07 Å². The van der Waals surface area contributed by atoms with E-state index in [1.807, 2.05) is 29.2 Å². The van der Waals surface area contributed by atoms with Gasteiger partial charge in [0.15, 0.2) is 0 Å². The van der Waals surface area contributed by atoms with E-state index in [0.29, 0.717) is 5.92 Å². The van der Waals surface area contributed by atoms with Gasteiger partial charge >= 0.3 is 0 Å². The van der Waals surface area contributed by atoms with Crippen molar-refractivity contribution in [1.29, 1.82) is 5.26 Å². The van der Waals surface area contributed by atoms with Crippen LogP contribution in [-0.4, -0.2) is 49.6 Å². The van der Waals surface area contributed by atoms with E-state index in [1.165, 1.54) is 16.8 Å². The minimum atomic E-state index is 0.159. The molecule has 0 saturated carbocycles. The number of carbonyl (C=O) groups is 1. The number of para-hydroxylation sites is 2. The Morgan fingerprint density at radius 2 is 1.63 bits per heavy atom. The van der Waals surface area contributed by atoms with Crippen LogP contribution >= 0.6 is 0 Å². The normalized spacial score (nSPS) is 18.4.